The van der Waals surface area contributed by atoms with Gasteiger partial charge >= 0.3 is 7.12 Å². The fourth-order valence-electron chi connectivity index (χ4n) is 4.43. The van der Waals surface area contributed by atoms with Gasteiger partial charge in [-0.2, -0.15) is 4.72 Å². The van der Waals surface area contributed by atoms with Crippen LogP contribution in [-0.2, 0) is 26.0 Å². The average molecular weight is 516 g/mol. The lowest BCUT2D eigenvalue weighted by Gasteiger charge is -2.30. The molecular formula is C24H33BN4O6S. The van der Waals surface area contributed by atoms with Crippen molar-refractivity contribution < 1.29 is 28.0 Å². The zero-order valence-electron chi connectivity index (χ0n) is 20.1. The lowest BCUT2D eigenvalue weighted by atomic mass is 9.69. The lowest BCUT2D eigenvalue weighted by molar-refractivity contribution is -0.123. The van der Waals surface area contributed by atoms with E-state index in [-0.39, 0.29) is 11.3 Å². The smallest absolute Gasteiger partial charge is 0.426 e. The SMILES string of the molecule is O=C(NC(CC1CCC1)B(O)O)C(Cc1ccccc1)NS(=O)(=O)c1ccc(N2CCOCC2)nc1. The van der Waals surface area contributed by atoms with Crippen molar-refractivity contribution in [3.63, 3.8) is 0 Å². The van der Waals surface area contributed by atoms with Gasteiger partial charge in [-0.1, -0.05) is 49.6 Å². The Morgan fingerprint density at radius 3 is 2.44 bits per heavy atom. The van der Waals surface area contributed by atoms with Gasteiger partial charge in [-0.05, 0) is 36.5 Å². The highest BCUT2D eigenvalue weighted by atomic mass is 32.2. The maximum atomic E-state index is 13.2. The summed E-state index contributed by atoms with van der Waals surface area (Å²) in [6, 6.07) is 11.0. The summed E-state index contributed by atoms with van der Waals surface area (Å²) in [4.78, 5) is 19.5. The van der Waals surface area contributed by atoms with E-state index in [4.69, 9.17) is 4.74 Å². The van der Waals surface area contributed by atoms with Gasteiger partial charge in [0.2, 0.25) is 15.9 Å². The van der Waals surface area contributed by atoms with Crippen LogP contribution in [0.25, 0.3) is 0 Å². The molecule has 4 rings (SSSR count). The molecule has 0 spiro atoms. The summed E-state index contributed by atoms with van der Waals surface area (Å²) in [6.45, 7) is 2.53. The van der Waals surface area contributed by atoms with Crippen molar-refractivity contribution in [2.75, 3.05) is 31.2 Å². The van der Waals surface area contributed by atoms with Gasteiger partial charge < -0.3 is 25.0 Å². The van der Waals surface area contributed by atoms with Crippen molar-refractivity contribution in [1.29, 1.82) is 0 Å². The van der Waals surface area contributed by atoms with Crippen molar-refractivity contribution in [1.82, 2.24) is 15.0 Å². The molecule has 2 aliphatic rings. The molecule has 36 heavy (non-hydrogen) atoms. The lowest BCUT2D eigenvalue weighted by Crippen LogP contribution is -2.55. The summed E-state index contributed by atoms with van der Waals surface area (Å²) < 4.78 is 34.3. The summed E-state index contributed by atoms with van der Waals surface area (Å²) in [5, 5.41) is 22.3. The molecule has 4 N–H and O–H groups in total. The molecular weight excluding hydrogens is 483 g/mol. The number of rotatable bonds is 11. The fraction of sp³-hybridized carbons (Fsp3) is 0.500. The van der Waals surface area contributed by atoms with Crippen LogP contribution in [0.2, 0.25) is 0 Å². The number of hydrogen-bond acceptors (Lipinski definition) is 8. The van der Waals surface area contributed by atoms with E-state index in [0.29, 0.717) is 44.5 Å². The number of sulfonamides is 1. The third-order valence-corrected chi connectivity index (χ3v) is 8.22. The number of nitrogens with zero attached hydrogens (tertiary/aromatic N) is 2. The molecule has 1 aromatic heterocycles. The Morgan fingerprint density at radius 2 is 1.86 bits per heavy atom. The van der Waals surface area contributed by atoms with Gasteiger partial charge in [-0.3, -0.25) is 4.79 Å². The summed E-state index contributed by atoms with van der Waals surface area (Å²) >= 11 is 0. The molecule has 12 heteroatoms. The second kappa shape index (κ2) is 12.2. The zero-order valence-corrected chi connectivity index (χ0v) is 20.9. The van der Waals surface area contributed by atoms with Crippen LogP contribution in [-0.4, -0.2) is 74.8 Å². The van der Waals surface area contributed by atoms with Gasteiger partial charge in [0.15, 0.2) is 0 Å². The molecule has 0 bridgehead atoms. The van der Waals surface area contributed by atoms with Gasteiger partial charge in [0.1, 0.15) is 16.8 Å². The molecule has 2 heterocycles. The van der Waals surface area contributed by atoms with E-state index in [9.17, 15) is 23.3 Å². The number of carbonyl (C=O) groups is 1. The summed E-state index contributed by atoms with van der Waals surface area (Å²) in [5.74, 6) is -0.512. The summed E-state index contributed by atoms with van der Waals surface area (Å²) in [7, 11) is -5.82. The fourth-order valence-corrected chi connectivity index (χ4v) is 5.57. The van der Waals surface area contributed by atoms with Crippen molar-refractivity contribution in [3.8, 4) is 0 Å². The minimum atomic E-state index is -4.09. The standard InChI is InChI=1S/C24H33BN4O6S/c30-24(27-22(25(31)32)16-19-7-4-8-19)21(15-18-5-2-1-3-6-18)28-36(33,34)20-9-10-23(26-17-20)29-11-13-35-14-12-29/h1-3,5-6,9-10,17,19,21-22,28,31-32H,4,7-8,11-16H2,(H,27,30). The molecule has 1 aliphatic carbocycles. The Morgan fingerprint density at radius 1 is 1.14 bits per heavy atom. The molecule has 1 aromatic carbocycles. The Balaban J connectivity index is 1.49. The largest absolute Gasteiger partial charge is 0.475 e. The Kier molecular flexibility index (Phi) is 8.97. The van der Waals surface area contributed by atoms with Crippen molar-refractivity contribution in [2.24, 2.45) is 5.92 Å². The first-order valence-corrected chi connectivity index (χ1v) is 13.8. The third kappa shape index (κ3) is 7.04. The van der Waals surface area contributed by atoms with Crippen LogP contribution in [0.15, 0.2) is 53.6 Å². The molecule has 2 aromatic rings. The number of ether oxygens (including phenoxy) is 1. The van der Waals surface area contributed by atoms with Gasteiger partial charge in [0.05, 0.1) is 19.2 Å². The van der Waals surface area contributed by atoms with Crippen LogP contribution in [0.5, 0.6) is 0 Å². The van der Waals surface area contributed by atoms with Crippen molar-refractivity contribution in [3.05, 3.63) is 54.2 Å². The summed E-state index contributed by atoms with van der Waals surface area (Å²) in [6.07, 6.45) is 4.85. The Bertz CT molecular complexity index is 1090. The molecule has 2 atom stereocenters. The highest BCUT2D eigenvalue weighted by Gasteiger charge is 2.34. The van der Waals surface area contributed by atoms with Crippen LogP contribution in [0.1, 0.15) is 31.2 Å². The first kappa shape index (κ1) is 26.6. The number of carbonyl (C=O) groups excluding carboxylic acids is 1. The zero-order chi connectivity index (χ0) is 25.5. The Labute approximate surface area is 212 Å². The van der Waals surface area contributed by atoms with E-state index in [1.54, 1.807) is 18.2 Å². The monoisotopic (exact) mass is 516 g/mol. The summed E-state index contributed by atoms with van der Waals surface area (Å²) in [5.41, 5.74) is 0.765. The number of nitrogens with one attached hydrogen (secondary N) is 2. The number of amides is 1. The van der Waals surface area contributed by atoms with Gasteiger partial charge in [0, 0.05) is 19.3 Å². The van der Waals surface area contributed by atoms with E-state index < -0.39 is 35.0 Å². The molecule has 2 fully saturated rings. The quantitative estimate of drug-likeness (QED) is 0.317. The molecule has 2 unspecified atom stereocenters. The number of morpholine rings is 1. The molecule has 10 nitrogen and oxygen atoms in total. The average Bonchev–Trinajstić information content (AvgIpc) is 2.86. The van der Waals surface area contributed by atoms with E-state index in [1.165, 1.54) is 12.3 Å². The van der Waals surface area contributed by atoms with Crippen molar-refractivity contribution >= 4 is 28.9 Å². The maximum Gasteiger partial charge on any atom is 0.475 e. The van der Waals surface area contributed by atoms with Crippen LogP contribution in [0, 0.1) is 5.92 Å². The van der Waals surface area contributed by atoms with Crippen LogP contribution < -0.4 is 14.9 Å². The maximum absolute atomic E-state index is 13.2. The number of aromatic nitrogens is 1. The second-order valence-corrected chi connectivity index (χ2v) is 11.1. The number of pyridine rings is 1. The third-order valence-electron chi connectivity index (χ3n) is 6.76. The van der Waals surface area contributed by atoms with Crippen LogP contribution >= 0.6 is 0 Å². The predicted molar refractivity (Wildman–Crippen MR) is 136 cm³/mol. The second-order valence-electron chi connectivity index (χ2n) is 9.38. The molecule has 1 saturated carbocycles. The molecule has 194 valence electrons. The molecule has 1 saturated heterocycles. The minimum absolute atomic E-state index is 0.0569. The highest BCUT2D eigenvalue weighted by Crippen LogP contribution is 2.30. The topological polar surface area (TPSA) is 141 Å². The van der Waals surface area contributed by atoms with E-state index >= 15 is 0 Å². The Hall–Kier alpha value is -2.51. The van der Waals surface area contributed by atoms with Crippen molar-refractivity contribution in [2.45, 2.75) is 49.0 Å². The van der Waals surface area contributed by atoms with Crippen LogP contribution in [0.4, 0.5) is 5.82 Å². The normalized spacial score (nSPS) is 18.2. The first-order chi connectivity index (χ1) is 17.3. The van der Waals surface area contributed by atoms with Crippen LogP contribution in [0.3, 0.4) is 0 Å². The highest BCUT2D eigenvalue weighted by molar-refractivity contribution is 7.89. The number of hydrogen-bond donors (Lipinski definition) is 4. The van der Waals surface area contributed by atoms with Gasteiger partial charge in [-0.25, -0.2) is 13.4 Å². The van der Waals surface area contributed by atoms with E-state index in [2.05, 4.69) is 15.0 Å². The van der Waals surface area contributed by atoms with E-state index in [1.807, 2.05) is 23.1 Å². The molecule has 1 amide bonds. The molecule has 0 radical (unpaired) electrons. The minimum Gasteiger partial charge on any atom is -0.426 e. The van der Waals surface area contributed by atoms with Gasteiger partial charge in [-0.15, -0.1) is 0 Å². The first-order valence-electron chi connectivity index (χ1n) is 12.3. The number of anilines is 1. The van der Waals surface area contributed by atoms with E-state index in [0.717, 1.165) is 24.8 Å². The predicted octanol–water partition coefficient (Wildman–Crippen LogP) is 0.495. The number of benzene rings is 1. The van der Waals surface area contributed by atoms with Gasteiger partial charge in [0.25, 0.3) is 0 Å². The molecule has 1 aliphatic heterocycles.